The molecule has 2 rings (SSSR count). The van der Waals surface area contributed by atoms with E-state index in [4.69, 9.17) is 0 Å². The molecule has 1 N–H and O–H groups in total. The number of rotatable bonds is 8. The Hall–Kier alpha value is -2.36. The van der Waals surface area contributed by atoms with Crippen LogP contribution in [0.15, 0.2) is 48.7 Å². The highest BCUT2D eigenvalue weighted by Crippen LogP contribution is 2.16. The summed E-state index contributed by atoms with van der Waals surface area (Å²) in [7, 11) is 0. The first-order valence-corrected chi connectivity index (χ1v) is 8.72. The van der Waals surface area contributed by atoms with E-state index in [0.717, 1.165) is 37.3 Å². The molecule has 0 radical (unpaired) electrons. The van der Waals surface area contributed by atoms with Crippen molar-refractivity contribution in [2.75, 3.05) is 18.0 Å². The Labute approximate surface area is 144 Å². The highest BCUT2D eigenvalue weighted by atomic mass is 16.1. The van der Waals surface area contributed by atoms with Crippen molar-refractivity contribution in [3.63, 3.8) is 0 Å². The topological polar surface area (TPSA) is 45.2 Å². The van der Waals surface area contributed by atoms with Crippen LogP contribution in [0.1, 0.15) is 55.6 Å². The average Bonchev–Trinajstić information content (AvgIpc) is 2.62. The lowest BCUT2D eigenvalue weighted by molar-refractivity contribution is 0.0940. The van der Waals surface area contributed by atoms with Crippen LogP contribution >= 0.6 is 0 Å². The van der Waals surface area contributed by atoms with Crippen LogP contribution < -0.4 is 10.2 Å². The van der Waals surface area contributed by atoms with Crippen LogP contribution in [0, 0.1) is 0 Å². The quantitative estimate of drug-likeness (QED) is 0.791. The number of anilines is 1. The minimum Gasteiger partial charge on any atom is -0.357 e. The molecule has 0 aliphatic heterocycles. The van der Waals surface area contributed by atoms with Crippen molar-refractivity contribution in [2.24, 2.45) is 0 Å². The second-order valence-electron chi connectivity index (χ2n) is 6.00. The van der Waals surface area contributed by atoms with Crippen molar-refractivity contribution in [3.8, 4) is 0 Å². The van der Waals surface area contributed by atoms with E-state index in [9.17, 15) is 4.79 Å². The van der Waals surface area contributed by atoms with Gasteiger partial charge in [0.25, 0.3) is 5.91 Å². The molecule has 24 heavy (non-hydrogen) atoms. The van der Waals surface area contributed by atoms with E-state index in [-0.39, 0.29) is 11.9 Å². The number of benzene rings is 1. The lowest BCUT2D eigenvalue weighted by atomic mass is 10.1. The van der Waals surface area contributed by atoms with E-state index < -0.39 is 0 Å². The number of hydrogen-bond donors (Lipinski definition) is 1. The first-order chi connectivity index (χ1) is 11.7. The Morgan fingerprint density at radius 2 is 1.79 bits per heavy atom. The van der Waals surface area contributed by atoms with Gasteiger partial charge in [-0.2, -0.15) is 0 Å². The molecule has 1 heterocycles. The Bertz CT molecular complexity index is 636. The van der Waals surface area contributed by atoms with Crippen LogP contribution in [0.5, 0.6) is 0 Å². The number of carbonyl (C=O) groups excluding carboxylic acids is 1. The molecule has 1 atom stereocenters. The van der Waals surface area contributed by atoms with E-state index in [0.29, 0.717) is 5.56 Å². The lowest BCUT2D eigenvalue weighted by Gasteiger charge is -2.23. The Balaban J connectivity index is 2.11. The van der Waals surface area contributed by atoms with Crippen molar-refractivity contribution in [1.29, 1.82) is 0 Å². The van der Waals surface area contributed by atoms with E-state index >= 15 is 0 Å². The number of aromatic nitrogens is 1. The summed E-state index contributed by atoms with van der Waals surface area (Å²) in [5, 5.41) is 3.06. The molecule has 4 nitrogen and oxygen atoms in total. The van der Waals surface area contributed by atoms with Crippen LogP contribution in [-0.2, 0) is 0 Å². The van der Waals surface area contributed by atoms with Gasteiger partial charge >= 0.3 is 0 Å². The molecule has 0 aliphatic carbocycles. The smallest absolute Gasteiger partial charge is 0.251 e. The summed E-state index contributed by atoms with van der Waals surface area (Å²) in [5.74, 6) is 0.807. The van der Waals surface area contributed by atoms with Gasteiger partial charge in [0, 0.05) is 24.8 Å². The van der Waals surface area contributed by atoms with Gasteiger partial charge in [-0.15, -0.1) is 0 Å². The number of nitrogens with one attached hydrogen (secondary N) is 1. The van der Waals surface area contributed by atoms with Gasteiger partial charge in [-0.1, -0.05) is 44.2 Å². The number of amides is 1. The molecule has 1 aromatic heterocycles. The standard InChI is InChI=1S/C20H27N3O/c1-4-13-23(14-5-2)19-15-18(11-12-21-19)20(24)22-16(3)17-9-7-6-8-10-17/h6-12,15-16H,4-5,13-14H2,1-3H3,(H,22,24). The third-order valence-electron chi connectivity index (χ3n) is 3.97. The van der Waals surface area contributed by atoms with E-state index in [1.54, 1.807) is 12.3 Å². The van der Waals surface area contributed by atoms with Crippen LogP contribution in [0.2, 0.25) is 0 Å². The molecule has 0 bridgehead atoms. The molecule has 4 heteroatoms. The van der Waals surface area contributed by atoms with Crippen LogP contribution in [0.3, 0.4) is 0 Å². The lowest BCUT2D eigenvalue weighted by Crippen LogP contribution is -2.28. The normalized spacial score (nSPS) is 11.8. The highest BCUT2D eigenvalue weighted by Gasteiger charge is 2.13. The van der Waals surface area contributed by atoms with Crippen LogP contribution in [-0.4, -0.2) is 24.0 Å². The van der Waals surface area contributed by atoms with Crippen LogP contribution in [0.25, 0.3) is 0 Å². The second-order valence-corrected chi connectivity index (χ2v) is 6.00. The number of hydrogen-bond acceptors (Lipinski definition) is 3. The van der Waals surface area contributed by atoms with Gasteiger partial charge < -0.3 is 10.2 Å². The van der Waals surface area contributed by atoms with Crippen molar-refractivity contribution in [2.45, 2.75) is 39.7 Å². The SMILES string of the molecule is CCCN(CCC)c1cc(C(=O)NC(C)c2ccccc2)ccn1. The van der Waals surface area contributed by atoms with Gasteiger partial charge in [0.2, 0.25) is 0 Å². The summed E-state index contributed by atoms with van der Waals surface area (Å²) in [4.78, 5) is 19.2. The van der Waals surface area contributed by atoms with E-state index in [1.807, 2.05) is 43.3 Å². The third kappa shape index (κ3) is 4.82. The maximum absolute atomic E-state index is 12.6. The predicted octanol–water partition coefficient (Wildman–Crippen LogP) is 4.20. The molecule has 0 spiro atoms. The summed E-state index contributed by atoms with van der Waals surface area (Å²) < 4.78 is 0. The van der Waals surface area contributed by atoms with Gasteiger partial charge in [-0.05, 0) is 37.5 Å². The van der Waals surface area contributed by atoms with Crippen molar-refractivity contribution < 1.29 is 4.79 Å². The summed E-state index contributed by atoms with van der Waals surface area (Å²) >= 11 is 0. The first kappa shape index (κ1) is 18.0. The minimum atomic E-state index is -0.0667. The van der Waals surface area contributed by atoms with Gasteiger partial charge in [-0.25, -0.2) is 4.98 Å². The zero-order valence-corrected chi connectivity index (χ0v) is 14.8. The Morgan fingerprint density at radius 1 is 1.12 bits per heavy atom. The fourth-order valence-electron chi connectivity index (χ4n) is 2.72. The average molecular weight is 325 g/mol. The largest absolute Gasteiger partial charge is 0.357 e. The molecular weight excluding hydrogens is 298 g/mol. The van der Waals surface area contributed by atoms with E-state index in [1.165, 1.54) is 0 Å². The molecule has 1 aromatic carbocycles. The molecule has 2 aromatic rings. The molecule has 0 saturated carbocycles. The number of pyridine rings is 1. The predicted molar refractivity (Wildman–Crippen MR) is 99.4 cm³/mol. The second kappa shape index (κ2) is 9.06. The highest BCUT2D eigenvalue weighted by molar-refractivity contribution is 5.95. The summed E-state index contributed by atoms with van der Waals surface area (Å²) in [6.45, 7) is 8.20. The number of carbonyl (C=O) groups is 1. The zero-order chi connectivity index (χ0) is 17.4. The maximum Gasteiger partial charge on any atom is 0.251 e. The minimum absolute atomic E-state index is 0.0299. The zero-order valence-electron chi connectivity index (χ0n) is 14.8. The van der Waals surface area contributed by atoms with Gasteiger partial charge in [0.15, 0.2) is 0 Å². The Kier molecular flexibility index (Phi) is 6.79. The van der Waals surface area contributed by atoms with Crippen molar-refractivity contribution >= 4 is 11.7 Å². The first-order valence-electron chi connectivity index (χ1n) is 8.72. The summed E-state index contributed by atoms with van der Waals surface area (Å²) in [5.41, 5.74) is 1.75. The molecular formula is C20H27N3O. The molecule has 0 fully saturated rings. The molecule has 1 unspecified atom stereocenters. The van der Waals surface area contributed by atoms with Gasteiger partial charge in [0.05, 0.1) is 6.04 Å². The van der Waals surface area contributed by atoms with Crippen LogP contribution in [0.4, 0.5) is 5.82 Å². The summed E-state index contributed by atoms with van der Waals surface area (Å²) in [6.07, 6.45) is 3.84. The molecule has 128 valence electrons. The van der Waals surface area contributed by atoms with Gasteiger partial charge in [-0.3, -0.25) is 4.79 Å². The third-order valence-corrected chi connectivity index (χ3v) is 3.97. The fraction of sp³-hybridized carbons (Fsp3) is 0.400. The summed E-state index contributed by atoms with van der Waals surface area (Å²) in [6, 6.07) is 13.6. The molecule has 0 saturated heterocycles. The molecule has 1 amide bonds. The van der Waals surface area contributed by atoms with Crippen molar-refractivity contribution in [1.82, 2.24) is 10.3 Å². The van der Waals surface area contributed by atoms with Crippen molar-refractivity contribution in [3.05, 3.63) is 59.8 Å². The monoisotopic (exact) mass is 325 g/mol. The maximum atomic E-state index is 12.6. The number of nitrogens with zero attached hydrogens (tertiary/aromatic N) is 2. The Morgan fingerprint density at radius 3 is 2.42 bits per heavy atom. The van der Waals surface area contributed by atoms with E-state index in [2.05, 4.69) is 29.0 Å². The molecule has 0 aliphatic rings. The van der Waals surface area contributed by atoms with Gasteiger partial charge in [0.1, 0.15) is 5.82 Å². The fourth-order valence-corrected chi connectivity index (χ4v) is 2.72.